The highest BCUT2D eigenvalue weighted by Crippen LogP contribution is 2.32. The van der Waals surface area contributed by atoms with E-state index in [0.29, 0.717) is 11.0 Å². The summed E-state index contributed by atoms with van der Waals surface area (Å²) in [4.78, 5) is 6.56. The molecule has 2 aromatic rings. The van der Waals surface area contributed by atoms with Crippen LogP contribution in [0.1, 0.15) is 36.8 Å². The van der Waals surface area contributed by atoms with Crippen LogP contribution < -0.4 is 10.1 Å². The van der Waals surface area contributed by atoms with Crippen LogP contribution in [0, 0.1) is 13.8 Å². The van der Waals surface area contributed by atoms with E-state index in [4.69, 9.17) is 17.0 Å². The maximum absolute atomic E-state index is 6.09. The molecule has 1 unspecified atom stereocenters. The monoisotopic (exact) mass is 421 g/mol. The molecule has 0 bridgehead atoms. The Morgan fingerprint density at radius 1 is 1.36 bits per heavy atom. The van der Waals surface area contributed by atoms with Crippen LogP contribution >= 0.6 is 28.1 Å². The fourth-order valence-electron chi connectivity index (χ4n) is 2.40. The van der Waals surface area contributed by atoms with Gasteiger partial charge < -0.3 is 15.0 Å². The molecular weight excluding hydrogens is 398 g/mol. The minimum atomic E-state index is -0.0875. The molecule has 0 spiro atoms. The van der Waals surface area contributed by atoms with E-state index in [1.807, 2.05) is 44.0 Å². The summed E-state index contributed by atoms with van der Waals surface area (Å²) in [5.74, 6) is 0.577. The highest BCUT2D eigenvalue weighted by atomic mass is 79.9. The molecule has 0 radical (unpaired) electrons. The van der Waals surface area contributed by atoms with Crippen molar-refractivity contribution in [2.24, 2.45) is 0 Å². The lowest BCUT2D eigenvalue weighted by molar-refractivity contribution is 0.215. The Hall–Kier alpha value is -1.66. The average molecular weight is 422 g/mol. The minimum Gasteiger partial charge on any atom is -0.469 e. The van der Waals surface area contributed by atoms with Crippen LogP contribution in [0.15, 0.2) is 34.8 Å². The van der Waals surface area contributed by atoms with Gasteiger partial charge in [0, 0.05) is 13.6 Å². The second-order valence-electron chi connectivity index (χ2n) is 5.97. The summed E-state index contributed by atoms with van der Waals surface area (Å²) in [6.07, 6.45) is -0.0875. The number of aryl methyl sites for hydroxylation is 2. The van der Waals surface area contributed by atoms with Gasteiger partial charge in [-0.1, -0.05) is 24.3 Å². The summed E-state index contributed by atoms with van der Waals surface area (Å²) in [6.45, 7) is 8.95. The number of nitrogens with zero attached hydrogens (tertiary/aromatic N) is 2. The number of thiocarbonyl (C=S) groups is 1. The molecule has 0 saturated carbocycles. The lowest BCUT2D eigenvalue weighted by atomic mass is 10.0. The second kappa shape index (κ2) is 8.63. The number of rotatable bonds is 5. The fraction of sp³-hybridized carbons (Fsp3) is 0.368. The molecule has 4 nitrogen and oxygen atoms in total. The third kappa shape index (κ3) is 4.92. The van der Waals surface area contributed by atoms with E-state index in [0.717, 1.165) is 28.0 Å². The van der Waals surface area contributed by atoms with Crippen LogP contribution in [0.4, 0.5) is 5.69 Å². The van der Waals surface area contributed by atoms with E-state index in [1.165, 1.54) is 5.56 Å². The number of benzene rings is 1. The highest BCUT2D eigenvalue weighted by molar-refractivity contribution is 9.10. The van der Waals surface area contributed by atoms with Crippen molar-refractivity contribution in [1.29, 1.82) is 0 Å². The largest absolute Gasteiger partial charge is 0.469 e. The van der Waals surface area contributed by atoms with Gasteiger partial charge in [0.15, 0.2) is 5.11 Å². The Morgan fingerprint density at radius 3 is 2.68 bits per heavy atom. The minimum absolute atomic E-state index is 0.0875. The van der Waals surface area contributed by atoms with Crippen molar-refractivity contribution in [3.8, 4) is 5.88 Å². The molecule has 1 N–H and O–H groups in total. The summed E-state index contributed by atoms with van der Waals surface area (Å²) in [7, 11) is 1.95. The van der Waals surface area contributed by atoms with E-state index in [2.05, 4.69) is 52.2 Å². The third-order valence-electron chi connectivity index (χ3n) is 4.11. The molecule has 0 aliphatic heterocycles. The Bertz CT molecular complexity index is 766. The van der Waals surface area contributed by atoms with Crippen LogP contribution in [0.25, 0.3) is 0 Å². The second-order valence-corrected chi connectivity index (χ2v) is 7.21. The number of ether oxygens (including phenoxy) is 1. The van der Waals surface area contributed by atoms with Crippen molar-refractivity contribution in [2.45, 2.75) is 33.8 Å². The molecule has 2 rings (SSSR count). The number of hydrogen-bond donors (Lipinski definition) is 1. The molecule has 1 atom stereocenters. The lowest BCUT2D eigenvalue weighted by Gasteiger charge is -2.21. The first-order chi connectivity index (χ1) is 11.8. The zero-order valence-electron chi connectivity index (χ0n) is 15.3. The number of pyridine rings is 1. The van der Waals surface area contributed by atoms with E-state index in [1.54, 1.807) is 0 Å². The zero-order valence-corrected chi connectivity index (χ0v) is 17.7. The molecule has 1 aromatic heterocycles. The summed E-state index contributed by atoms with van der Waals surface area (Å²) < 4.78 is 6.89. The summed E-state index contributed by atoms with van der Waals surface area (Å²) in [6, 6.07) is 10.2. The number of aromatic nitrogens is 1. The quantitative estimate of drug-likeness (QED) is 0.667. The van der Waals surface area contributed by atoms with Crippen LogP contribution in [-0.4, -0.2) is 28.6 Å². The molecule has 0 amide bonds. The van der Waals surface area contributed by atoms with E-state index in [-0.39, 0.29) is 6.10 Å². The number of hydrogen-bond acceptors (Lipinski definition) is 3. The van der Waals surface area contributed by atoms with Gasteiger partial charge in [0.2, 0.25) is 5.88 Å². The molecule has 0 saturated heterocycles. The first-order valence-electron chi connectivity index (χ1n) is 8.25. The van der Waals surface area contributed by atoms with Crippen molar-refractivity contribution < 1.29 is 4.74 Å². The van der Waals surface area contributed by atoms with Crippen LogP contribution in [-0.2, 0) is 0 Å². The average Bonchev–Trinajstić information content (AvgIpc) is 2.58. The van der Waals surface area contributed by atoms with Gasteiger partial charge in [0.1, 0.15) is 6.10 Å². The summed E-state index contributed by atoms with van der Waals surface area (Å²) in [5.41, 5.74) is 4.06. The van der Waals surface area contributed by atoms with E-state index >= 15 is 0 Å². The smallest absolute Gasteiger partial charge is 0.228 e. The van der Waals surface area contributed by atoms with Gasteiger partial charge >= 0.3 is 0 Å². The van der Waals surface area contributed by atoms with Gasteiger partial charge in [0.05, 0.1) is 15.9 Å². The van der Waals surface area contributed by atoms with Gasteiger partial charge in [-0.15, -0.1) is 0 Å². The molecule has 0 aliphatic rings. The van der Waals surface area contributed by atoms with Crippen LogP contribution in [0.2, 0.25) is 0 Å². The van der Waals surface area contributed by atoms with E-state index < -0.39 is 0 Å². The number of anilines is 1. The van der Waals surface area contributed by atoms with Crippen molar-refractivity contribution in [2.75, 3.05) is 18.9 Å². The Kier molecular flexibility index (Phi) is 6.79. The van der Waals surface area contributed by atoms with Crippen molar-refractivity contribution in [3.63, 3.8) is 0 Å². The molecule has 1 aromatic carbocycles. The predicted molar refractivity (Wildman–Crippen MR) is 111 cm³/mol. The first kappa shape index (κ1) is 19.7. The predicted octanol–water partition coefficient (Wildman–Crippen LogP) is 5.25. The van der Waals surface area contributed by atoms with Crippen LogP contribution in [0.5, 0.6) is 5.88 Å². The van der Waals surface area contributed by atoms with Crippen molar-refractivity contribution in [3.05, 3.63) is 51.6 Å². The first-order valence-corrected chi connectivity index (χ1v) is 9.45. The van der Waals surface area contributed by atoms with E-state index in [9.17, 15) is 0 Å². The third-order valence-corrected chi connectivity index (χ3v) is 5.09. The highest BCUT2D eigenvalue weighted by Gasteiger charge is 2.15. The van der Waals surface area contributed by atoms with Crippen molar-refractivity contribution >= 4 is 38.9 Å². The van der Waals surface area contributed by atoms with Gasteiger partial charge in [-0.05, 0) is 73.0 Å². The Labute approximate surface area is 163 Å². The fourth-order valence-corrected chi connectivity index (χ4v) is 3.05. The molecule has 6 heteroatoms. The van der Waals surface area contributed by atoms with Gasteiger partial charge in [-0.3, -0.25) is 0 Å². The SMILES string of the molecule is CCN(C)C(=S)Nc1cc(Br)c(OC(C)c2ccccc2C)nc1C. The zero-order chi connectivity index (χ0) is 18.6. The van der Waals surface area contributed by atoms with Gasteiger partial charge in [0.25, 0.3) is 0 Å². The molecule has 1 heterocycles. The number of nitrogens with one attached hydrogen (secondary N) is 1. The normalized spacial score (nSPS) is 11.8. The maximum Gasteiger partial charge on any atom is 0.228 e. The maximum atomic E-state index is 6.09. The topological polar surface area (TPSA) is 37.4 Å². The molecule has 0 aliphatic carbocycles. The molecule has 134 valence electrons. The van der Waals surface area contributed by atoms with Crippen LogP contribution in [0.3, 0.4) is 0 Å². The number of halogens is 1. The molecule has 25 heavy (non-hydrogen) atoms. The summed E-state index contributed by atoms with van der Waals surface area (Å²) >= 11 is 8.94. The standard InChI is InChI=1S/C19H24BrN3OS/c1-6-23(5)19(25)22-17-11-16(20)18(21-13(17)3)24-14(4)15-10-8-7-9-12(15)2/h7-11,14H,6H2,1-5H3,(H,22,25). The Balaban J connectivity index is 2.19. The lowest BCUT2D eigenvalue weighted by Crippen LogP contribution is -2.31. The molecule has 0 fully saturated rings. The van der Waals surface area contributed by atoms with Gasteiger partial charge in [-0.2, -0.15) is 0 Å². The van der Waals surface area contributed by atoms with Gasteiger partial charge in [-0.25, -0.2) is 4.98 Å². The molecular formula is C19H24BrN3OS. The Morgan fingerprint density at radius 2 is 2.04 bits per heavy atom. The summed E-state index contributed by atoms with van der Waals surface area (Å²) in [5, 5.41) is 3.90. The van der Waals surface area contributed by atoms with Crippen molar-refractivity contribution in [1.82, 2.24) is 9.88 Å².